The summed E-state index contributed by atoms with van der Waals surface area (Å²) in [5, 5.41) is 0. The van der Waals surface area contributed by atoms with Crippen LogP contribution in [-0.2, 0) is 5.41 Å². The van der Waals surface area contributed by atoms with E-state index in [4.69, 9.17) is 4.74 Å². The Kier molecular flexibility index (Phi) is 10.5. The summed E-state index contributed by atoms with van der Waals surface area (Å²) in [6, 6.07) is 9.36. The van der Waals surface area contributed by atoms with E-state index in [-0.39, 0.29) is 0 Å². The second kappa shape index (κ2) is 13.5. The first-order valence-corrected chi connectivity index (χ1v) is 15.9. The quantitative estimate of drug-likeness (QED) is 0.227. The van der Waals surface area contributed by atoms with Gasteiger partial charge in [-0.3, -0.25) is 0 Å². The summed E-state index contributed by atoms with van der Waals surface area (Å²) in [7, 11) is 0. The van der Waals surface area contributed by atoms with Crippen molar-refractivity contribution in [3.63, 3.8) is 0 Å². The van der Waals surface area contributed by atoms with E-state index < -0.39 is 0 Å². The molecule has 0 aromatic heterocycles. The highest BCUT2D eigenvalue weighted by molar-refractivity contribution is 5.34. The summed E-state index contributed by atoms with van der Waals surface area (Å²) >= 11 is 0. The zero-order valence-electron chi connectivity index (χ0n) is 23.4. The third-order valence-electron chi connectivity index (χ3n) is 10.6. The second-order valence-corrected chi connectivity index (χ2v) is 13.0. The van der Waals surface area contributed by atoms with Crippen molar-refractivity contribution in [1.82, 2.24) is 0 Å². The maximum Gasteiger partial charge on any atom is 0.119 e. The van der Waals surface area contributed by atoms with Crippen LogP contribution in [0.2, 0.25) is 0 Å². The molecule has 2 bridgehead atoms. The van der Waals surface area contributed by atoms with E-state index in [9.17, 15) is 0 Å². The molecule has 0 aliphatic heterocycles. The molecule has 1 heteroatoms. The zero-order valence-corrected chi connectivity index (χ0v) is 23.4. The van der Waals surface area contributed by atoms with Gasteiger partial charge in [0.25, 0.3) is 0 Å². The maximum absolute atomic E-state index is 6.18. The average molecular weight is 481 g/mol. The molecular weight excluding hydrogens is 424 g/mol. The van der Waals surface area contributed by atoms with Gasteiger partial charge in [0.05, 0.1) is 6.61 Å². The minimum Gasteiger partial charge on any atom is -0.494 e. The molecule has 198 valence electrons. The molecule has 4 aliphatic carbocycles. The number of hydrogen-bond acceptors (Lipinski definition) is 1. The summed E-state index contributed by atoms with van der Waals surface area (Å²) in [6.45, 7) is 5.53. The van der Waals surface area contributed by atoms with Gasteiger partial charge in [-0.2, -0.15) is 0 Å². The monoisotopic (exact) mass is 480 g/mol. The highest BCUT2D eigenvalue weighted by atomic mass is 16.5. The third-order valence-corrected chi connectivity index (χ3v) is 10.6. The molecule has 0 N–H and O–H groups in total. The molecule has 5 rings (SSSR count). The second-order valence-electron chi connectivity index (χ2n) is 13.0. The molecule has 1 nitrogen and oxygen atoms in total. The summed E-state index contributed by atoms with van der Waals surface area (Å²) in [5.41, 5.74) is 2.77. The highest BCUT2D eigenvalue weighted by Gasteiger charge is 2.48. The lowest BCUT2D eigenvalue weighted by molar-refractivity contribution is 0.0304. The van der Waals surface area contributed by atoms with E-state index in [1.165, 1.54) is 135 Å². The Labute approximate surface area is 218 Å². The van der Waals surface area contributed by atoms with Crippen molar-refractivity contribution in [2.45, 2.75) is 154 Å². The standard InChI is InChI=1S/C34H56O/c1-3-5-7-9-21-33-22-25-34(26-23-33,27-24-33)31-17-19-32(20-18-31)35-28-10-12-30-15-13-29(14-16-30)11-8-6-4-2/h17-20,29-30H,3-16,21-28H2,1-2H3/t29-,30-,33?,34?. The predicted molar refractivity (Wildman–Crippen MR) is 151 cm³/mol. The first-order chi connectivity index (χ1) is 17.2. The molecule has 0 spiro atoms. The van der Waals surface area contributed by atoms with Crippen molar-refractivity contribution >= 4 is 0 Å². The zero-order chi connectivity index (χ0) is 24.4. The van der Waals surface area contributed by atoms with E-state index in [1.54, 1.807) is 5.56 Å². The van der Waals surface area contributed by atoms with Crippen LogP contribution in [-0.4, -0.2) is 6.61 Å². The van der Waals surface area contributed by atoms with Crippen molar-refractivity contribution in [2.75, 3.05) is 6.61 Å². The number of fused-ring (bicyclic) bond motifs is 3. The van der Waals surface area contributed by atoms with Crippen LogP contribution in [0, 0.1) is 17.3 Å². The predicted octanol–water partition coefficient (Wildman–Crippen LogP) is 10.8. The first kappa shape index (κ1) is 27.1. The van der Waals surface area contributed by atoms with Crippen molar-refractivity contribution < 1.29 is 4.74 Å². The molecule has 0 amide bonds. The summed E-state index contributed by atoms with van der Waals surface area (Å²) in [6.07, 6.45) is 30.1. The van der Waals surface area contributed by atoms with E-state index in [2.05, 4.69) is 38.1 Å². The summed E-state index contributed by atoms with van der Waals surface area (Å²) < 4.78 is 6.18. The maximum atomic E-state index is 6.18. The fraction of sp³-hybridized carbons (Fsp3) is 0.824. The minimum absolute atomic E-state index is 0.471. The van der Waals surface area contributed by atoms with Gasteiger partial charge in [-0.25, -0.2) is 0 Å². The van der Waals surface area contributed by atoms with E-state index >= 15 is 0 Å². The molecule has 4 saturated carbocycles. The number of ether oxygens (including phenoxy) is 1. The summed E-state index contributed by atoms with van der Waals surface area (Å²) in [4.78, 5) is 0. The van der Waals surface area contributed by atoms with Gasteiger partial charge in [0, 0.05) is 0 Å². The van der Waals surface area contributed by atoms with Crippen molar-refractivity contribution in [1.29, 1.82) is 0 Å². The van der Waals surface area contributed by atoms with E-state index in [1.807, 2.05) is 0 Å². The molecule has 0 radical (unpaired) electrons. The van der Waals surface area contributed by atoms with Crippen LogP contribution in [0.25, 0.3) is 0 Å². The average Bonchev–Trinajstić information content (AvgIpc) is 2.91. The largest absolute Gasteiger partial charge is 0.494 e. The van der Waals surface area contributed by atoms with E-state index in [0.717, 1.165) is 24.2 Å². The molecule has 0 unspecified atom stereocenters. The van der Waals surface area contributed by atoms with Crippen LogP contribution in [0.4, 0.5) is 0 Å². The Bertz CT molecular complexity index is 686. The smallest absolute Gasteiger partial charge is 0.119 e. The minimum atomic E-state index is 0.471. The van der Waals surface area contributed by atoms with Crippen LogP contribution in [0.5, 0.6) is 5.75 Å². The molecule has 1 aromatic carbocycles. The van der Waals surface area contributed by atoms with Gasteiger partial charge in [-0.05, 0) is 98.1 Å². The van der Waals surface area contributed by atoms with E-state index in [0.29, 0.717) is 10.8 Å². The van der Waals surface area contributed by atoms with Crippen molar-refractivity contribution in [3.05, 3.63) is 29.8 Å². The van der Waals surface area contributed by atoms with Gasteiger partial charge in [-0.15, -0.1) is 0 Å². The lowest BCUT2D eigenvalue weighted by atomic mass is 9.51. The Hall–Kier alpha value is -0.980. The van der Waals surface area contributed by atoms with Gasteiger partial charge < -0.3 is 4.74 Å². The van der Waals surface area contributed by atoms with Gasteiger partial charge in [0.15, 0.2) is 0 Å². The normalized spacial score (nSPS) is 30.5. The SMILES string of the molecule is CCCCCCC12CCC(c3ccc(OCCC[C@H]4CC[C@H](CCCCC)CC4)cc3)(CC1)CC2. The van der Waals surface area contributed by atoms with Gasteiger partial charge in [0.2, 0.25) is 0 Å². The van der Waals surface area contributed by atoms with Gasteiger partial charge in [-0.1, -0.05) is 103 Å². The number of hydrogen-bond donors (Lipinski definition) is 0. The van der Waals surface area contributed by atoms with Gasteiger partial charge in [0.1, 0.15) is 5.75 Å². The molecule has 0 atom stereocenters. The third kappa shape index (κ3) is 7.52. The van der Waals surface area contributed by atoms with Crippen molar-refractivity contribution in [2.24, 2.45) is 17.3 Å². The number of rotatable bonds is 15. The topological polar surface area (TPSA) is 9.23 Å². The molecule has 4 aliphatic rings. The van der Waals surface area contributed by atoms with Crippen LogP contribution in [0.1, 0.15) is 154 Å². The Morgan fingerprint density at radius 2 is 1.23 bits per heavy atom. The fourth-order valence-electron chi connectivity index (χ4n) is 7.96. The van der Waals surface area contributed by atoms with Crippen LogP contribution in [0.3, 0.4) is 0 Å². The Morgan fingerprint density at radius 1 is 0.657 bits per heavy atom. The van der Waals surface area contributed by atoms with Gasteiger partial charge >= 0.3 is 0 Å². The van der Waals surface area contributed by atoms with Crippen LogP contribution < -0.4 is 4.74 Å². The lowest BCUT2D eigenvalue weighted by Crippen LogP contribution is -2.44. The fourth-order valence-corrected chi connectivity index (χ4v) is 7.96. The molecule has 0 heterocycles. The van der Waals surface area contributed by atoms with Crippen molar-refractivity contribution in [3.8, 4) is 5.75 Å². The number of unbranched alkanes of at least 4 members (excludes halogenated alkanes) is 5. The molecule has 0 saturated heterocycles. The molecule has 1 aromatic rings. The number of benzene rings is 1. The summed E-state index contributed by atoms with van der Waals surface area (Å²) in [5.74, 6) is 3.07. The van der Waals surface area contributed by atoms with Crippen LogP contribution in [0.15, 0.2) is 24.3 Å². The lowest BCUT2D eigenvalue weighted by Gasteiger charge is -2.54. The van der Waals surface area contributed by atoms with Crippen LogP contribution >= 0.6 is 0 Å². The Morgan fingerprint density at radius 3 is 1.83 bits per heavy atom. The molecule has 4 fully saturated rings. The molecular formula is C34H56O. The first-order valence-electron chi connectivity index (χ1n) is 15.9. The molecule has 35 heavy (non-hydrogen) atoms. The Balaban J connectivity index is 1.13. The highest BCUT2D eigenvalue weighted by Crippen LogP contribution is 2.59.